The fourth-order valence-corrected chi connectivity index (χ4v) is 2.91. The van der Waals surface area contributed by atoms with Gasteiger partial charge in [-0.2, -0.15) is 0 Å². The Bertz CT molecular complexity index is 951. The van der Waals surface area contributed by atoms with Crippen molar-refractivity contribution in [3.63, 3.8) is 0 Å². The third kappa shape index (κ3) is 3.93. The second-order valence-corrected chi connectivity index (χ2v) is 6.10. The molecular weight excluding hydrogens is 364 g/mol. The van der Waals surface area contributed by atoms with E-state index >= 15 is 0 Å². The number of nitrogens with one attached hydrogen (secondary N) is 3. The average molecular weight is 382 g/mol. The summed E-state index contributed by atoms with van der Waals surface area (Å²) in [7, 11) is 1.55. The second-order valence-electron chi connectivity index (χ2n) is 6.10. The highest BCUT2D eigenvalue weighted by Crippen LogP contribution is 2.29. The molecule has 1 aliphatic rings. The van der Waals surface area contributed by atoms with Crippen molar-refractivity contribution >= 4 is 23.3 Å². The van der Waals surface area contributed by atoms with Gasteiger partial charge in [-0.3, -0.25) is 14.9 Å². The summed E-state index contributed by atoms with van der Waals surface area (Å²) < 4.78 is 5.09. The molecule has 0 unspecified atom stereocenters. The van der Waals surface area contributed by atoms with Crippen LogP contribution in [0.4, 0.5) is 16.2 Å². The molecule has 1 aliphatic heterocycles. The maximum atomic E-state index is 12.9. The fraction of sp³-hybridized carbons (Fsp3) is 0.158. The van der Waals surface area contributed by atoms with Gasteiger partial charge >= 0.3 is 6.03 Å². The molecule has 3 amide bonds. The van der Waals surface area contributed by atoms with E-state index in [-0.39, 0.29) is 5.69 Å². The molecule has 9 heteroatoms. The Hall–Kier alpha value is -3.88. The van der Waals surface area contributed by atoms with Crippen LogP contribution in [0.3, 0.4) is 0 Å². The van der Waals surface area contributed by atoms with Crippen molar-refractivity contribution < 1.29 is 19.2 Å². The average Bonchev–Trinajstić information content (AvgIpc) is 2.68. The van der Waals surface area contributed by atoms with E-state index < -0.39 is 22.9 Å². The van der Waals surface area contributed by atoms with E-state index in [9.17, 15) is 19.7 Å². The lowest BCUT2D eigenvalue weighted by Crippen LogP contribution is -2.45. The molecule has 0 spiro atoms. The maximum Gasteiger partial charge on any atom is 0.319 e. The summed E-state index contributed by atoms with van der Waals surface area (Å²) in [5.74, 6) is 0.252. The topological polar surface area (TPSA) is 123 Å². The highest BCUT2D eigenvalue weighted by Gasteiger charge is 2.31. The van der Waals surface area contributed by atoms with Crippen LogP contribution < -0.4 is 20.7 Å². The number of nitro benzene ring substituents is 1. The molecule has 2 aromatic carbocycles. The van der Waals surface area contributed by atoms with Gasteiger partial charge in [0.2, 0.25) is 0 Å². The highest BCUT2D eigenvalue weighted by atomic mass is 16.6. The number of carbonyl (C=O) groups excluding carboxylic acids is 2. The molecule has 0 radical (unpaired) electrons. The molecule has 0 aromatic heterocycles. The predicted molar refractivity (Wildman–Crippen MR) is 102 cm³/mol. The molecule has 0 aliphatic carbocycles. The quantitative estimate of drug-likeness (QED) is 0.542. The van der Waals surface area contributed by atoms with Crippen molar-refractivity contribution in [1.82, 2.24) is 10.6 Å². The minimum Gasteiger partial charge on any atom is -0.497 e. The number of hydrogen-bond acceptors (Lipinski definition) is 5. The second kappa shape index (κ2) is 7.78. The first-order valence-electron chi connectivity index (χ1n) is 8.37. The molecule has 144 valence electrons. The number of anilines is 1. The van der Waals surface area contributed by atoms with Gasteiger partial charge in [0.1, 0.15) is 5.75 Å². The minimum atomic E-state index is -0.743. The smallest absolute Gasteiger partial charge is 0.319 e. The van der Waals surface area contributed by atoms with Crippen LogP contribution in [0, 0.1) is 10.1 Å². The van der Waals surface area contributed by atoms with Gasteiger partial charge in [0.05, 0.1) is 23.6 Å². The third-order valence-electron chi connectivity index (χ3n) is 4.30. The molecule has 0 saturated heterocycles. The van der Waals surface area contributed by atoms with Crippen LogP contribution in [0.2, 0.25) is 0 Å². The summed E-state index contributed by atoms with van der Waals surface area (Å²) in [6.07, 6.45) is 0. The van der Waals surface area contributed by atoms with Gasteiger partial charge in [-0.15, -0.1) is 0 Å². The number of hydrogen-bond donors (Lipinski definition) is 3. The molecule has 0 saturated carbocycles. The summed E-state index contributed by atoms with van der Waals surface area (Å²) >= 11 is 0. The number of urea groups is 1. The fourth-order valence-electron chi connectivity index (χ4n) is 2.91. The molecular formula is C19H18N4O5. The minimum absolute atomic E-state index is 0.0750. The zero-order valence-electron chi connectivity index (χ0n) is 15.2. The number of allylic oxidation sites excluding steroid dienone is 1. The van der Waals surface area contributed by atoms with E-state index in [0.29, 0.717) is 28.3 Å². The van der Waals surface area contributed by atoms with Crippen LogP contribution in [-0.4, -0.2) is 24.0 Å². The number of carbonyl (C=O) groups is 2. The van der Waals surface area contributed by atoms with E-state index in [1.807, 2.05) is 0 Å². The number of non-ortho nitro benzene ring substituents is 1. The Morgan fingerprint density at radius 1 is 1.14 bits per heavy atom. The lowest BCUT2D eigenvalue weighted by molar-refractivity contribution is -0.384. The molecule has 3 rings (SSSR count). The number of ether oxygens (including phenoxy) is 1. The van der Waals surface area contributed by atoms with Crippen molar-refractivity contribution in [2.45, 2.75) is 13.0 Å². The monoisotopic (exact) mass is 382 g/mol. The number of nitro groups is 1. The zero-order chi connectivity index (χ0) is 20.3. The molecule has 0 fully saturated rings. The first-order chi connectivity index (χ1) is 13.4. The molecule has 3 N–H and O–H groups in total. The Morgan fingerprint density at radius 2 is 1.79 bits per heavy atom. The normalized spacial score (nSPS) is 16.1. The van der Waals surface area contributed by atoms with Gasteiger partial charge in [0, 0.05) is 23.5 Å². The Morgan fingerprint density at radius 3 is 2.36 bits per heavy atom. The molecule has 1 heterocycles. The number of benzene rings is 2. The lowest BCUT2D eigenvalue weighted by atomic mass is 9.94. The first-order valence-corrected chi connectivity index (χ1v) is 8.37. The predicted octanol–water partition coefficient (Wildman–Crippen LogP) is 2.87. The molecule has 9 nitrogen and oxygen atoms in total. The van der Waals surface area contributed by atoms with Crippen LogP contribution in [-0.2, 0) is 4.79 Å². The number of amides is 3. The summed E-state index contributed by atoms with van der Waals surface area (Å²) in [5.41, 5.74) is 1.75. The van der Waals surface area contributed by atoms with Gasteiger partial charge in [0.15, 0.2) is 0 Å². The van der Waals surface area contributed by atoms with Crippen molar-refractivity contribution in [3.05, 3.63) is 75.5 Å². The Balaban J connectivity index is 1.90. The summed E-state index contributed by atoms with van der Waals surface area (Å²) in [6, 6.07) is 11.3. The number of methoxy groups -OCH3 is 1. The van der Waals surface area contributed by atoms with Crippen LogP contribution >= 0.6 is 0 Å². The third-order valence-corrected chi connectivity index (χ3v) is 4.30. The van der Waals surface area contributed by atoms with Crippen LogP contribution in [0.15, 0.2) is 59.8 Å². The molecule has 2 aromatic rings. The van der Waals surface area contributed by atoms with E-state index in [1.165, 1.54) is 24.3 Å². The van der Waals surface area contributed by atoms with Crippen molar-refractivity contribution in [2.75, 3.05) is 12.4 Å². The van der Waals surface area contributed by atoms with Crippen molar-refractivity contribution in [1.29, 1.82) is 0 Å². The van der Waals surface area contributed by atoms with E-state index in [2.05, 4.69) is 16.0 Å². The zero-order valence-corrected chi connectivity index (χ0v) is 15.2. The molecule has 1 atom stereocenters. The first kappa shape index (κ1) is 18.9. The van der Waals surface area contributed by atoms with E-state index in [1.54, 1.807) is 38.3 Å². The summed E-state index contributed by atoms with van der Waals surface area (Å²) in [5, 5.41) is 18.9. The summed E-state index contributed by atoms with van der Waals surface area (Å²) in [6.45, 7) is 1.63. The molecule has 0 bridgehead atoms. The Labute approximate surface area is 160 Å². The standard InChI is InChI=1S/C19H18N4O5/c1-11-16(18(24)21-13-5-9-15(28-2)10-6-13)17(22-19(25)20-11)12-3-7-14(8-4-12)23(26)27/h3-10,17H,1-2H3,(H,21,24)(H2,20,22,25)/t17-/m0/s1. The van der Waals surface area contributed by atoms with Crippen LogP contribution in [0.1, 0.15) is 18.5 Å². The van der Waals surface area contributed by atoms with Gasteiger partial charge in [-0.05, 0) is 48.9 Å². The largest absolute Gasteiger partial charge is 0.497 e. The van der Waals surface area contributed by atoms with Crippen LogP contribution in [0.5, 0.6) is 5.75 Å². The van der Waals surface area contributed by atoms with Gasteiger partial charge in [-0.1, -0.05) is 0 Å². The van der Waals surface area contributed by atoms with Crippen LogP contribution in [0.25, 0.3) is 0 Å². The highest BCUT2D eigenvalue weighted by molar-refractivity contribution is 6.06. The Kier molecular flexibility index (Phi) is 5.25. The van der Waals surface area contributed by atoms with Gasteiger partial charge in [0.25, 0.3) is 11.6 Å². The van der Waals surface area contributed by atoms with Gasteiger partial charge in [-0.25, -0.2) is 4.79 Å². The van der Waals surface area contributed by atoms with E-state index in [4.69, 9.17) is 4.74 Å². The number of nitrogens with zero attached hydrogens (tertiary/aromatic N) is 1. The summed E-state index contributed by atoms with van der Waals surface area (Å²) in [4.78, 5) is 35.2. The van der Waals surface area contributed by atoms with Crippen molar-refractivity contribution in [2.24, 2.45) is 0 Å². The van der Waals surface area contributed by atoms with Crippen molar-refractivity contribution in [3.8, 4) is 5.75 Å². The molecule has 28 heavy (non-hydrogen) atoms. The maximum absolute atomic E-state index is 12.9. The van der Waals surface area contributed by atoms with Gasteiger partial charge < -0.3 is 20.7 Å². The SMILES string of the molecule is COc1ccc(NC(=O)C2=C(C)NC(=O)N[C@H]2c2ccc([N+](=O)[O-])cc2)cc1. The number of rotatable bonds is 5. The van der Waals surface area contributed by atoms with E-state index in [0.717, 1.165) is 0 Å². The lowest BCUT2D eigenvalue weighted by Gasteiger charge is -2.28.